The van der Waals surface area contributed by atoms with Crippen LogP contribution >= 0.6 is 11.6 Å². The summed E-state index contributed by atoms with van der Waals surface area (Å²) in [6.07, 6.45) is 1.71. The average molecular weight is 258 g/mol. The van der Waals surface area contributed by atoms with E-state index in [0.29, 0.717) is 0 Å². The summed E-state index contributed by atoms with van der Waals surface area (Å²) < 4.78 is 5.68. The molecule has 0 saturated heterocycles. The van der Waals surface area contributed by atoms with Gasteiger partial charge in [-0.25, -0.2) is 4.98 Å². The molecule has 3 aromatic rings. The molecule has 90 valence electrons. The molecule has 0 amide bonds. The summed E-state index contributed by atoms with van der Waals surface area (Å²) in [6.45, 7) is 0. The lowest BCUT2D eigenvalue weighted by atomic mass is 10.1. The van der Waals surface area contributed by atoms with Crippen molar-refractivity contribution in [3.63, 3.8) is 0 Å². The summed E-state index contributed by atoms with van der Waals surface area (Å²) in [7, 11) is 0. The van der Waals surface area contributed by atoms with Gasteiger partial charge in [0.2, 0.25) is 0 Å². The minimum atomic E-state index is 0.764. The number of para-hydroxylation sites is 2. The number of hydrogen-bond acceptors (Lipinski definition) is 2. The zero-order chi connectivity index (χ0) is 12.4. The van der Waals surface area contributed by atoms with Gasteiger partial charge >= 0.3 is 0 Å². The van der Waals surface area contributed by atoms with Crippen LogP contribution in [0.1, 0.15) is 11.5 Å². The predicted octanol–water partition coefficient (Wildman–Crippen LogP) is 4.27. The number of aromatic nitrogens is 1. The topological polar surface area (TPSA) is 26.0 Å². The molecule has 3 rings (SSSR count). The molecule has 0 aliphatic carbocycles. The normalized spacial score (nSPS) is 10.9. The number of hydrogen-bond donors (Lipinski definition) is 0. The van der Waals surface area contributed by atoms with Crippen LogP contribution in [0.25, 0.3) is 11.1 Å². The molecule has 1 heterocycles. The van der Waals surface area contributed by atoms with E-state index in [9.17, 15) is 0 Å². The highest BCUT2D eigenvalue weighted by Gasteiger charge is 2.04. The smallest absolute Gasteiger partial charge is 0.195 e. The Morgan fingerprint density at radius 3 is 2.50 bits per heavy atom. The summed E-state index contributed by atoms with van der Waals surface area (Å²) in [4.78, 5) is 4.45. The molecule has 0 unspecified atom stereocenters. The predicted molar refractivity (Wildman–Crippen MR) is 72.9 cm³/mol. The fraction of sp³-hybridized carbons (Fsp3) is 0.133. The average Bonchev–Trinajstić information content (AvgIpc) is 2.81. The Hall–Kier alpha value is -1.80. The van der Waals surface area contributed by atoms with Gasteiger partial charge in [-0.1, -0.05) is 35.9 Å². The van der Waals surface area contributed by atoms with Gasteiger partial charge in [-0.05, 0) is 36.2 Å². The Bertz CT molecular complexity index is 625. The third-order valence-electron chi connectivity index (χ3n) is 2.88. The van der Waals surface area contributed by atoms with Crippen LogP contribution in [0.5, 0.6) is 0 Å². The fourth-order valence-corrected chi connectivity index (χ4v) is 2.06. The number of nitrogens with zero attached hydrogens (tertiary/aromatic N) is 1. The van der Waals surface area contributed by atoms with Crippen molar-refractivity contribution >= 4 is 22.7 Å². The fourth-order valence-electron chi connectivity index (χ4n) is 1.93. The summed E-state index contributed by atoms with van der Waals surface area (Å²) in [6, 6.07) is 15.7. The number of oxazole rings is 1. The molecule has 0 aliphatic heterocycles. The summed E-state index contributed by atoms with van der Waals surface area (Å²) in [5, 5.41) is 0.764. The van der Waals surface area contributed by atoms with Gasteiger partial charge in [-0.3, -0.25) is 0 Å². The third-order valence-corrected chi connectivity index (χ3v) is 3.13. The first-order chi connectivity index (χ1) is 8.81. The maximum atomic E-state index is 5.85. The van der Waals surface area contributed by atoms with Gasteiger partial charge in [0, 0.05) is 11.4 Å². The lowest BCUT2D eigenvalue weighted by Crippen LogP contribution is -1.90. The minimum Gasteiger partial charge on any atom is -0.441 e. The van der Waals surface area contributed by atoms with Crippen molar-refractivity contribution in [3.05, 3.63) is 65.0 Å². The van der Waals surface area contributed by atoms with Gasteiger partial charge in [0.15, 0.2) is 11.5 Å². The first kappa shape index (κ1) is 11.3. The molecule has 0 aliphatic rings. The maximum Gasteiger partial charge on any atom is 0.195 e. The molecule has 0 N–H and O–H groups in total. The van der Waals surface area contributed by atoms with Crippen LogP contribution in [0.2, 0.25) is 5.02 Å². The van der Waals surface area contributed by atoms with Crippen molar-refractivity contribution in [2.45, 2.75) is 12.8 Å². The van der Waals surface area contributed by atoms with E-state index in [1.54, 1.807) is 0 Å². The lowest BCUT2D eigenvalue weighted by Gasteiger charge is -1.98. The molecule has 0 atom stereocenters. The van der Waals surface area contributed by atoms with Gasteiger partial charge in [-0.2, -0.15) is 0 Å². The SMILES string of the molecule is Clc1ccc(CCc2nc3ccccc3o2)cc1. The highest BCUT2D eigenvalue weighted by Crippen LogP contribution is 2.17. The first-order valence-corrected chi connectivity index (χ1v) is 6.28. The van der Waals surface area contributed by atoms with Gasteiger partial charge in [-0.15, -0.1) is 0 Å². The Balaban J connectivity index is 1.74. The summed E-state index contributed by atoms with van der Waals surface area (Å²) in [5.74, 6) is 0.783. The van der Waals surface area contributed by atoms with E-state index in [0.717, 1.165) is 34.9 Å². The van der Waals surface area contributed by atoms with Crippen molar-refractivity contribution in [1.82, 2.24) is 4.98 Å². The molecule has 2 nitrogen and oxygen atoms in total. The zero-order valence-corrected chi connectivity index (χ0v) is 10.5. The second-order valence-corrected chi connectivity index (χ2v) is 4.64. The monoisotopic (exact) mass is 257 g/mol. The molecular formula is C15H12ClNO. The van der Waals surface area contributed by atoms with Crippen LogP contribution in [0.15, 0.2) is 52.9 Å². The molecule has 0 spiro atoms. The van der Waals surface area contributed by atoms with Crippen LogP contribution in [0, 0.1) is 0 Å². The molecule has 3 heteroatoms. The van der Waals surface area contributed by atoms with E-state index in [2.05, 4.69) is 4.98 Å². The second-order valence-electron chi connectivity index (χ2n) is 4.20. The van der Waals surface area contributed by atoms with E-state index in [1.807, 2.05) is 48.5 Å². The number of rotatable bonds is 3. The van der Waals surface area contributed by atoms with Crippen LogP contribution in [0.4, 0.5) is 0 Å². The molecule has 0 saturated carbocycles. The standard InChI is InChI=1S/C15H12ClNO/c16-12-8-5-11(6-9-12)7-10-15-17-13-3-1-2-4-14(13)18-15/h1-6,8-9H,7,10H2. The molecule has 18 heavy (non-hydrogen) atoms. The van der Waals surface area contributed by atoms with Crippen LogP contribution in [-0.2, 0) is 12.8 Å². The number of fused-ring (bicyclic) bond motifs is 1. The van der Waals surface area contributed by atoms with Crippen molar-refractivity contribution in [3.8, 4) is 0 Å². The molecular weight excluding hydrogens is 246 g/mol. The Labute approximate surface area is 110 Å². The van der Waals surface area contributed by atoms with E-state index >= 15 is 0 Å². The molecule has 0 bridgehead atoms. The summed E-state index contributed by atoms with van der Waals surface area (Å²) >= 11 is 5.85. The van der Waals surface area contributed by atoms with Gasteiger partial charge < -0.3 is 4.42 Å². The number of halogens is 1. The molecule has 0 fully saturated rings. The Kier molecular flexibility index (Phi) is 3.03. The Morgan fingerprint density at radius 2 is 1.72 bits per heavy atom. The van der Waals surface area contributed by atoms with Crippen molar-refractivity contribution in [2.75, 3.05) is 0 Å². The molecule has 2 aromatic carbocycles. The minimum absolute atomic E-state index is 0.764. The van der Waals surface area contributed by atoms with Gasteiger partial charge in [0.25, 0.3) is 0 Å². The van der Waals surface area contributed by atoms with E-state index in [1.165, 1.54) is 5.56 Å². The quantitative estimate of drug-likeness (QED) is 0.700. The van der Waals surface area contributed by atoms with Crippen molar-refractivity contribution < 1.29 is 4.42 Å². The zero-order valence-electron chi connectivity index (χ0n) is 9.77. The van der Waals surface area contributed by atoms with Gasteiger partial charge in [0.1, 0.15) is 5.52 Å². The van der Waals surface area contributed by atoms with Crippen molar-refractivity contribution in [2.24, 2.45) is 0 Å². The Morgan fingerprint density at radius 1 is 0.944 bits per heavy atom. The lowest BCUT2D eigenvalue weighted by molar-refractivity contribution is 0.528. The van der Waals surface area contributed by atoms with E-state index in [-0.39, 0.29) is 0 Å². The first-order valence-electron chi connectivity index (χ1n) is 5.90. The van der Waals surface area contributed by atoms with Gasteiger partial charge in [0.05, 0.1) is 0 Å². The number of benzene rings is 2. The van der Waals surface area contributed by atoms with Crippen LogP contribution in [-0.4, -0.2) is 4.98 Å². The highest BCUT2D eigenvalue weighted by molar-refractivity contribution is 6.30. The van der Waals surface area contributed by atoms with Crippen LogP contribution < -0.4 is 0 Å². The second kappa shape index (κ2) is 4.83. The van der Waals surface area contributed by atoms with E-state index < -0.39 is 0 Å². The largest absolute Gasteiger partial charge is 0.441 e. The highest BCUT2D eigenvalue weighted by atomic mass is 35.5. The molecule has 0 radical (unpaired) electrons. The van der Waals surface area contributed by atoms with E-state index in [4.69, 9.17) is 16.0 Å². The molecule has 1 aromatic heterocycles. The number of aryl methyl sites for hydroxylation is 2. The van der Waals surface area contributed by atoms with Crippen molar-refractivity contribution in [1.29, 1.82) is 0 Å². The third kappa shape index (κ3) is 2.39. The summed E-state index contributed by atoms with van der Waals surface area (Å²) in [5.41, 5.74) is 3.01. The maximum absolute atomic E-state index is 5.85. The van der Waals surface area contributed by atoms with Crippen LogP contribution in [0.3, 0.4) is 0 Å².